The number of sulfone groups is 1. The van der Waals surface area contributed by atoms with Crippen LogP contribution in [0.4, 0.5) is 0 Å². The third-order valence-corrected chi connectivity index (χ3v) is 7.56. The monoisotopic (exact) mass is 468 g/mol. The zero-order chi connectivity index (χ0) is 22.2. The average molecular weight is 469 g/mol. The molecule has 0 saturated carbocycles. The highest BCUT2D eigenvalue weighted by Gasteiger charge is 2.42. The van der Waals surface area contributed by atoms with Gasteiger partial charge in [-0.05, 0) is 6.42 Å². The summed E-state index contributed by atoms with van der Waals surface area (Å²) in [4.78, 5) is 11.9. The molecule has 1 heterocycles. The summed E-state index contributed by atoms with van der Waals surface area (Å²) in [6.07, 6.45) is 15.3. The molecular weight excluding hydrogens is 428 g/mol. The fourth-order valence-electron chi connectivity index (χ4n) is 3.78. The van der Waals surface area contributed by atoms with Gasteiger partial charge in [0, 0.05) is 6.42 Å². The summed E-state index contributed by atoms with van der Waals surface area (Å²) in [5.74, 6) is -1.25. The van der Waals surface area contributed by atoms with Gasteiger partial charge >= 0.3 is 17.3 Å². The van der Waals surface area contributed by atoms with E-state index < -0.39 is 45.1 Å². The molecule has 0 spiro atoms. The molecule has 0 aliphatic carbocycles. The first-order valence-electron chi connectivity index (χ1n) is 11.5. The van der Waals surface area contributed by atoms with Crippen LogP contribution in [0.5, 0.6) is 0 Å². The van der Waals surface area contributed by atoms with Crippen LogP contribution in [0, 0.1) is 0 Å². The molecule has 3 atom stereocenters. The van der Waals surface area contributed by atoms with Gasteiger partial charge in [-0.2, -0.15) is 4.21 Å². The molecule has 1 fully saturated rings. The molecule has 1 saturated heterocycles. The van der Waals surface area contributed by atoms with Crippen LogP contribution in [0.15, 0.2) is 0 Å². The number of carbonyl (C=O) groups excluding carboxylic acids is 1. The lowest BCUT2D eigenvalue weighted by Crippen LogP contribution is -2.32. The van der Waals surface area contributed by atoms with Gasteiger partial charge in [-0.25, -0.2) is 8.42 Å². The lowest BCUT2D eigenvalue weighted by molar-refractivity contribution is -0.151. The van der Waals surface area contributed by atoms with Crippen molar-refractivity contribution in [3.63, 3.8) is 0 Å². The van der Waals surface area contributed by atoms with Crippen molar-refractivity contribution in [2.75, 3.05) is 11.5 Å². The van der Waals surface area contributed by atoms with Crippen molar-refractivity contribution in [2.24, 2.45) is 0 Å². The Morgan fingerprint density at radius 2 is 1.27 bits per heavy atom. The minimum atomic E-state index is -3.43. The molecule has 1 N–H and O–H groups in total. The Bertz CT molecular complexity index is 592. The van der Waals surface area contributed by atoms with Crippen LogP contribution in [0.1, 0.15) is 103 Å². The highest BCUT2D eigenvalue weighted by molar-refractivity contribution is 7.91. The molecule has 7 nitrogen and oxygen atoms in total. The number of hydrogen-bond donors (Lipinski definition) is 1. The van der Waals surface area contributed by atoms with Gasteiger partial charge in [0.1, 0.15) is 12.2 Å². The zero-order valence-electron chi connectivity index (χ0n) is 18.4. The largest absolute Gasteiger partial charge is 0.458 e. The predicted molar refractivity (Wildman–Crippen MR) is 119 cm³/mol. The zero-order valence-corrected chi connectivity index (χ0v) is 20.0. The van der Waals surface area contributed by atoms with E-state index in [0.29, 0.717) is 6.42 Å². The quantitative estimate of drug-likeness (QED) is 0.176. The van der Waals surface area contributed by atoms with Crippen LogP contribution >= 0.6 is 0 Å². The second-order valence-corrected chi connectivity index (χ2v) is 11.1. The molecule has 0 radical (unpaired) electrons. The third-order valence-electron chi connectivity index (χ3n) is 5.47. The van der Waals surface area contributed by atoms with E-state index in [9.17, 15) is 17.4 Å². The van der Waals surface area contributed by atoms with E-state index >= 15 is 0 Å². The smallest absolute Gasteiger partial charge is 0.306 e. The van der Waals surface area contributed by atoms with Crippen LogP contribution < -0.4 is 0 Å². The van der Waals surface area contributed by atoms with Crippen molar-refractivity contribution in [2.45, 2.75) is 115 Å². The van der Waals surface area contributed by atoms with Crippen LogP contribution in [0.2, 0.25) is 0 Å². The van der Waals surface area contributed by atoms with Crippen LogP contribution in [-0.4, -0.2) is 46.9 Å². The van der Waals surface area contributed by atoms with E-state index in [2.05, 4.69) is 11.1 Å². The van der Waals surface area contributed by atoms with Crippen molar-refractivity contribution in [1.82, 2.24) is 0 Å². The first-order chi connectivity index (χ1) is 14.3. The van der Waals surface area contributed by atoms with Gasteiger partial charge in [0.15, 0.2) is 9.84 Å². The summed E-state index contributed by atoms with van der Waals surface area (Å²) >= 11 is -2.60. The molecule has 3 unspecified atom stereocenters. The summed E-state index contributed by atoms with van der Waals surface area (Å²) in [7, 11) is -3.43. The lowest BCUT2D eigenvalue weighted by Gasteiger charge is -2.16. The molecule has 30 heavy (non-hydrogen) atoms. The van der Waals surface area contributed by atoms with E-state index in [-0.39, 0.29) is 12.2 Å². The Morgan fingerprint density at radius 1 is 0.833 bits per heavy atom. The second kappa shape index (κ2) is 16.2. The van der Waals surface area contributed by atoms with Gasteiger partial charge in [-0.3, -0.25) is 13.5 Å². The number of unbranched alkanes of at least 4 members (excludes halogenated alkanes) is 13. The maximum Gasteiger partial charge on any atom is 0.306 e. The van der Waals surface area contributed by atoms with Gasteiger partial charge in [-0.15, -0.1) is 0 Å². The van der Waals surface area contributed by atoms with Crippen LogP contribution in [0.3, 0.4) is 0 Å². The third kappa shape index (κ3) is 13.7. The summed E-state index contributed by atoms with van der Waals surface area (Å²) in [5.41, 5.74) is 0. The standard InChI is InChI=1S/C21H40O7S2/c1-2-3-4-5-6-7-8-9-10-11-12-13-14-15-16-21(22)27-19-17-30(25,26)18-20(19)28-29(23)24/h19-20H,2-18H2,1H3,(H,23,24). The molecule has 0 aromatic rings. The molecule has 0 bridgehead atoms. The fourth-order valence-corrected chi connectivity index (χ4v) is 5.97. The van der Waals surface area contributed by atoms with E-state index in [1.54, 1.807) is 0 Å². The summed E-state index contributed by atoms with van der Waals surface area (Å²) in [6, 6.07) is 0. The first kappa shape index (κ1) is 27.5. The van der Waals surface area contributed by atoms with Gasteiger partial charge < -0.3 is 4.74 Å². The first-order valence-corrected chi connectivity index (χ1v) is 14.4. The number of esters is 1. The highest BCUT2D eigenvalue weighted by Crippen LogP contribution is 2.21. The summed E-state index contributed by atoms with van der Waals surface area (Å²) in [5, 5.41) is 0. The molecule has 178 valence electrons. The molecule has 1 aliphatic rings. The molecule has 9 heteroatoms. The van der Waals surface area contributed by atoms with Crippen molar-refractivity contribution in [3.05, 3.63) is 0 Å². The average Bonchev–Trinajstić information content (AvgIpc) is 2.94. The summed E-state index contributed by atoms with van der Waals surface area (Å²) < 4.78 is 52.7. The second-order valence-electron chi connectivity index (χ2n) is 8.30. The SMILES string of the molecule is CCCCCCCCCCCCCCCCC(=O)OC1CS(=O)(=O)CC1OS(=O)O. The van der Waals surface area contributed by atoms with Crippen molar-refractivity contribution >= 4 is 27.2 Å². The molecule has 0 aromatic carbocycles. The van der Waals surface area contributed by atoms with Gasteiger partial charge in [-0.1, -0.05) is 90.4 Å². The maximum atomic E-state index is 11.9. The maximum absolute atomic E-state index is 11.9. The van der Waals surface area contributed by atoms with E-state index in [0.717, 1.165) is 12.8 Å². The number of rotatable bonds is 18. The minimum Gasteiger partial charge on any atom is -0.458 e. The lowest BCUT2D eigenvalue weighted by atomic mass is 10.0. The Labute approximate surface area is 185 Å². The Kier molecular flexibility index (Phi) is 14.8. The summed E-state index contributed by atoms with van der Waals surface area (Å²) in [6.45, 7) is 2.24. The topological polar surface area (TPSA) is 107 Å². The Hall–Kier alpha value is -0.510. The molecular formula is C21H40O7S2. The van der Waals surface area contributed by atoms with E-state index in [1.807, 2.05) is 0 Å². The normalized spacial score (nSPS) is 21.5. The molecule has 0 aromatic heterocycles. The van der Waals surface area contributed by atoms with E-state index in [1.165, 1.54) is 70.6 Å². The predicted octanol–water partition coefficient (Wildman–Crippen LogP) is 4.72. The van der Waals surface area contributed by atoms with E-state index in [4.69, 9.17) is 9.29 Å². The number of ether oxygens (including phenoxy) is 1. The molecule has 0 amide bonds. The van der Waals surface area contributed by atoms with Crippen LogP contribution in [-0.2, 0) is 34.9 Å². The van der Waals surface area contributed by atoms with Crippen molar-refractivity contribution < 1.29 is 30.9 Å². The van der Waals surface area contributed by atoms with Crippen molar-refractivity contribution in [3.8, 4) is 0 Å². The van der Waals surface area contributed by atoms with Gasteiger partial charge in [0.25, 0.3) is 0 Å². The Balaban J connectivity index is 1.99. The van der Waals surface area contributed by atoms with Gasteiger partial charge in [0.05, 0.1) is 11.5 Å². The number of carbonyl (C=O) groups is 1. The van der Waals surface area contributed by atoms with Crippen LogP contribution in [0.25, 0.3) is 0 Å². The van der Waals surface area contributed by atoms with Crippen molar-refractivity contribution in [1.29, 1.82) is 0 Å². The highest BCUT2D eigenvalue weighted by atomic mass is 32.2. The minimum absolute atomic E-state index is 0.226. The fraction of sp³-hybridized carbons (Fsp3) is 0.952. The molecule has 1 rings (SSSR count). The molecule has 1 aliphatic heterocycles. The Morgan fingerprint density at radius 3 is 1.73 bits per heavy atom. The van der Waals surface area contributed by atoms with Gasteiger partial charge in [0.2, 0.25) is 0 Å². The number of hydrogen-bond acceptors (Lipinski definition) is 6.